The van der Waals surface area contributed by atoms with Gasteiger partial charge in [-0.3, -0.25) is 0 Å². The highest BCUT2D eigenvalue weighted by molar-refractivity contribution is 5.98. The zero-order valence-corrected chi connectivity index (χ0v) is 12.7. The Balaban J connectivity index is 2.72. The first-order valence-corrected chi connectivity index (χ1v) is 6.94. The van der Waals surface area contributed by atoms with Crippen LogP contribution in [0.15, 0.2) is 23.4 Å². The summed E-state index contributed by atoms with van der Waals surface area (Å²) >= 11 is 0. The molecule has 1 aromatic carbocycles. The monoisotopic (exact) mass is 297 g/mol. The van der Waals surface area contributed by atoms with Crippen LogP contribution >= 0.6 is 0 Å². The van der Waals surface area contributed by atoms with E-state index in [0.717, 1.165) is 0 Å². The van der Waals surface area contributed by atoms with E-state index in [0.29, 0.717) is 36.6 Å². The molecule has 0 amide bonds. The summed E-state index contributed by atoms with van der Waals surface area (Å²) in [6.07, 6.45) is 0.677. The number of oxime groups is 1. The molecule has 0 spiro atoms. The number of amidine groups is 1. The average Bonchev–Trinajstić information content (AvgIpc) is 2.37. The lowest BCUT2D eigenvalue weighted by molar-refractivity contribution is 0.0383. The highest BCUT2D eigenvalue weighted by Gasteiger charge is 2.21. The zero-order valence-electron chi connectivity index (χ0n) is 12.7. The van der Waals surface area contributed by atoms with Gasteiger partial charge in [-0.15, -0.1) is 0 Å². The molecule has 0 aliphatic carbocycles. The van der Waals surface area contributed by atoms with Gasteiger partial charge in [-0.05, 0) is 37.0 Å². The molecule has 1 rings (SSSR count). The first-order chi connectivity index (χ1) is 9.75. The van der Waals surface area contributed by atoms with E-state index in [9.17, 15) is 9.50 Å². The topological polar surface area (TPSA) is 90.9 Å². The van der Waals surface area contributed by atoms with Gasteiger partial charge in [-0.25, -0.2) is 4.39 Å². The average molecular weight is 297 g/mol. The number of rotatable bonds is 7. The Bertz CT molecular complexity index is 502. The van der Waals surface area contributed by atoms with Crippen molar-refractivity contribution in [3.05, 3.63) is 35.1 Å². The molecule has 5 N–H and O–H groups in total. The maximum atomic E-state index is 13.2. The quantitative estimate of drug-likeness (QED) is 0.267. The highest BCUT2D eigenvalue weighted by Crippen LogP contribution is 2.16. The number of hydrogen-bond donors (Lipinski definition) is 4. The molecule has 21 heavy (non-hydrogen) atoms. The van der Waals surface area contributed by atoms with Crippen LogP contribution in [0.2, 0.25) is 0 Å². The summed E-state index contributed by atoms with van der Waals surface area (Å²) in [5, 5.41) is 25.0. The molecule has 0 saturated heterocycles. The smallest absolute Gasteiger partial charge is 0.170 e. The van der Waals surface area contributed by atoms with Gasteiger partial charge in [0.15, 0.2) is 5.84 Å². The Morgan fingerprint density at radius 2 is 2.14 bits per heavy atom. The Morgan fingerprint density at radius 3 is 2.71 bits per heavy atom. The van der Waals surface area contributed by atoms with Crippen LogP contribution < -0.4 is 11.1 Å². The van der Waals surface area contributed by atoms with Crippen molar-refractivity contribution in [3.8, 4) is 0 Å². The molecule has 0 heterocycles. The van der Waals surface area contributed by atoms with Crippen LogP contribution in [-0.2, 0) is 6.54 Å². The van der Waals surface area contributed by atoms with Crippen molar-refractivity contribution in [1.82, 2.24) is 5.32 Å². The van der Waals surface area contributed by atoms with E-state index in [1.807, 2.05) is 13.8 Å². The summed E-state index contributed by atoms with van der Waals surface area (Å²) in [7, 11) is 0. The lowest BCUT2D eigenvalue weighted by Crippen LogP contribution is -2.38. The van der Waals surface area contributed by atoms with E-state index in [2.05, 4.69) is 10.5 Å². The lowest BCUT2D eigenvalue weighted by atomic mass is 9.94. The van der Waals surface area contributed by atoms with Crippen LogP contribution in [0, 0.1) is 11.7 Å². The maximum Gasteiger partial charge on any atom is 0.170 e. The van der Waals surface area contributed by atoms with Gasteiger partial charge in [0, 0.05) is 18.7 Å². The Morgan fingerprint density at radius 1 is 1.48 bits per heavy atom. The van der Waals surface area contributed by atoms with Gasteiger partial charge in [-0.2, -0.15) is 0 Å². The van der Waals surface area contributed by atoms with Gasteiger partial charge in [0.1, 0.15) is 5.82 Å². The molecular weight excluding hydrogens is 273 g/mol. The normalized spacial score (nSPS) is 15.2. The van der Waals surface area contributed by atoms with Crippen molar-refractivity contribution in [2.45, 2.75) is 39.3 Å². The van der Waals surface area contributed by atoms with Crippen molar-refractivity contribution >= 4 is 5.84 Å². The van der Waals surface area contributed by atoms with E-state index in [1.165, 1.54) is 12.1 Å². The van der Waals surface area contributed by atoms with Gasteiger partial charge in [0.2, 0.25) is 0 Å². The van der Waals surface area contributed by atoms with Crippen LogP contribution in [0.5, 0.6) is 0 Å². The second-order valence-electron chi connectivity index (χ2n) is 5.99. The van der Waals surface area contributed by atoms with E-state index in [-0.39, 0.29) is 5.84 Å². The molecule has 6 heteroatoms. The molecule has 0 fully saturated rings. The highest BCUT2D eigenvalue weighted by atomic mass is 19.1. The molecule has 1 unspecified atom stereocenters. The third-order valence-electron chi connectivity index (χ3n) is 3.12. The fourth-order valence-electron chi connectivity index (χ4n) is 2.41. The summed E-state index contributed by atoms with van der Waals surface area (Å²) < 4.78 is 13.2. The Hall–Kier alpha value is -1.66. The fraction of sp³-hybridized carbons (Fsp3) is 0.533. The minimum Gasteiger partial charge on any atom is -0.409 e. The van der Waals surface area contributed by atoms with E-state index < -0.39 is 11.4 Å². The molecule has 0 radical (unpaired) electrons. The van der Waals surface area contributed by atoms with Gasteiger partial charge in [-0.1, -0.05) is 25.1 Å². The molecule has 0 saturated carbocycles. The number of nitrogens with two attached hydrogens (primary N) is 1. The second-order valence-corrected chi connectivity index (χ2v) is 5.99. The van der Waals surface area contributed by atoms with Crippen LogP contribution in [0.1, 0.15) is 38.3 Å². The van der Waals surface area contributed by atoms with Crippen LogP contribution in [-0.4, -0.2) is 28.3 Å². The first-order valence-electron chi connectivity index (χ1n) is 6.94. The van der Waals surface area contributed by atoms with Crippen molar-refractivity contribution in [2.24, 2.45) is 16.8 Å². The second kappa shape index (κ2) is 7.38. The number of nitrogens with one attached hydrogen (secondary N) is 1. The van der Waals surface area contributed by atoms with Crippen molar-refractivity contribution in [3.63, 3.8) is 0 Å². The van der Waals surface area contributed by atoms with Gasteiger partial charge < -0.3 is 21.4 Å². The van der Waals surface area contributed by atoms with Crippen molar-refractivity contribution < 1.29 is 14.7 Å². The van der Waals surface area contributed by atoms with Crippen LogP contribution in [0.25, 0.3) is 0 Å². The van der Waals surface area contributed by atoms with E-state index in [1.54, 1.807) is 13.0 Å². The molecule has 0 aliphatic rings. The standard InChI is InChI=1S/C15H24FN3O2/c1-10(2)7-15(3,20)9-18-8-11-4-5-12(16)6-13(11)14(17)19-21/h4-6,10,18,20-21H,7-9H2,1-3H3,(H2,17,19). The minimum absolute atomic E-state index is 0.139. The lowest BCUT2D eigenvalue weighted by Gasteiger charge is -2.26. The van der Waals surface area contributed by atoms with Gasteiger partial charge in [0.05, 0.1) is 5.60 Å². The van der Waals surface area contributed by atoms with Gasteiger partial charge in [0.25, 0.3) is 0 Å². The number of nitrogens with zero attached hydrogens (tertiary/aromatic N) is 1. The zero-order chi connectivity index (χ0) is 16.0. The molecule has 0 aromatic heterocycles. The fourth-order valence-corrected chi connectivity index (χ4v) is 2.41. The Kier molecular flexibility index (Phi) is 6.11. The molecule has 1 aromatic rings. The molecule has 5 nitrogen and oxygen atoms in total. The summed E-state index contributed by atoms with van der Waals surface area (Å²) in [5.74, 6) is -0.201. The first kappa shape index (κ1) is 17.4. The Labute approximate surface area is 124 Å². The summed E-state index contributed by atoms with van der Waals surface area (Å²) in [4.78, 5) is 0. The van der Waals surface area contributed by atoms with Crippen molar-refractivity contribution in [1.29, 1.82) is 0 Å². The number of aliphatic hydroxyl groups is 1. The maximum absolute atomic E-state index is 13.2. The van der Waals surface area contributed by atoms with Crippen molar-refractivity contribution in [2.75, 3.05) is 6.54 Å². The van der Waals surface area contributed by atoms with Gasteiger partial charge >= 0.3 is 0 Å². The summed E-state index contributed by atoms with van der Waals surface area (Å²) in [5.41, 5.74) is 5.77. The van der Waals surface area contributed by atoms with Crippen LogP contribution in [0.4, 0.5) is 4.39 Å². The third-order valence-corrected chi connectivity index (χ3v) is 3.12. The molecule has 1 atom stereocenters. The molecule has 118 valence electrons. The summed E-state index contributed by atoms with van der Waals surface area (Å²) in [6.45, 7) is 6.66. The predicted molar refractivity (Wildman–Crippen MR) is 80.7 cm³/mol. The number of hydrogen-bond acceptors (Lipinski definition) is 4. The molecular formula is C15H24FN3O2. The number of benzene rings is 1. The van der Waals surface area contributed by atoms with E-state index >= 15 is 0 Å². The molecule has 0 aliphatic heterocycles. The third kappa shape index (κ3) is 5.69. The summed E-state index contributed by atoms with van der Waals surface area (Å²) in [6, 6.07) is 4.11. The van der Waals surface area contributed by atoms with Crippen LogP contribution in [0.3, 0.4) is 0 Å². The number of halogens is 1. The predicted octanol–water partition coefficient (Wildman–Crippen LogP) is 1.81. The SMILES string of the molecule is CC(C)CC(C)(O)CNCc1ccc(F)cc1C(N)=NO. The molecule has 0 bridgehead atoms. The largest absolute Gasteiger partial charge is 0.409 e. The minimum atomic E-state index is -0.815. The van der Waals surface area contributed by atoms with E-state index in [4.69, 9.17) is 10.9 Å².